The molecule has 0 unspecified atom stereocenters. The van der Waals surface area contributed by atoms with Crippen LogP contribution in [0.25, 0.3) is 10.8 Å². The van der Waals surface area contributed by atoms with Gasteiger partial charge in [0.25, 0.3) is 0 Å². The Morgan fingerprint density at radius 3 is 2.90 bits per heavy atom. The van der Waals surface area contributed by atoms with E-state index in [0.29, 0.717) is 0 Å². The van der Waals surface area contributed by atoms with Gasteiger partial charge in [-0.3, -0.25) is 4.98 Å². The summed E-state index contributed by atoms with van der Waals surface area (Å²) in [7, 11) is 0. The van der Waals surface area contributed by atoms with E-state index in [9.17, 15) is 0 Å². The molecule has 0 fully saturated rings. The van der Waals surface area contributed by atoms with Gasteiger partial charge in [0, 0.05) is 34.9 Å². The van der Waals surface area contributed by atoms with Crippen molar-refractivity contribution in [2.45, 2.75) is 11.4 Å². The lowest BCUT2D eigenvalue weighted by Crippen LogP contribution is -2.00. The van der Waals surface area contributed by atoms with Crippen molar-refractivity contribution in [3.8, 4) is 0 Å². The summed E-state index contributed by atoms with van der Waals surface area (Å²) in [4.78, 5) is 5.45. The number of pyridine rings is 1. The Balaban J connectivity index is 1.83. The van der Waals surface area contributed by atoms with Gasteiger partial charge in [0.15, 0.2) is 0 Å². The van der Waals surface area contributed by atoms with Gasteiger partial charge in [-0.1, -0.05) is 24.3 Å². The summed E-state index contributed by atoms with van der Waals surface area (Å²) in [6, 6.07) is 16.9. The van der Waals surface area contributed by atoms with Gasteiger partial charge in [-0.25, -0.2) is 0 Å². The van der Waals surface area contributed by atoms with E-state index in [2.05, 4.69) is 65.1 Å². The van der Waals surface area contributed by atoms with Crippen LogP contribution in [0.1, 0.15) is 5.56 Å². The molecule has 0 saturated carbocycles. The molecule has 2 aromatic carbocycles. The van der Waals surface area contributed by atoms with Crippen molar-refractivity contribution in [2.24, 2.45) is 0 Å². The van der Waals surface area contributed by atoms with Gasteiger partial charge < -0.3 is 5.32 Å². The highest BCUT2D eigenvalue weighted by molar-refractivity contribution is 7.98. The van der Waals surface area contributed by atoms with Crippen LogP contribution in [0.5, 0.6) is 0 Å². The normalized spacial score (nSPS) is 10.7. The van der Waals surface area contributed by atoms with E-state index in [1.54, 1.807) is 11.8 Å². The van der Waals surface area contributed by atoms with Gasteiger partial charge >= 0.3 is 0 Å². The van der Waals surface area contributed by atoms with Crippen molar-refractivity contribution in [1.29, 1.82) is 0 Å². The van der Waals surface area contributed by atoms with Crippen molar-refractivity contribution in [3.63, 3.8) is 0 Å². The number of aromatic nitrogens is 1. The molecule has 0 spiro atoms. The molecule has 0 bridgehead atoms. The maximum Gasteiger partial charge on any atom is 0.0406 e. The second kappa shape index (κ2) is 5.97. The monoisotopic (exact) mass is 280 g/mol. The molecule has 0 amide bonds. The Morgan fingerprint density at radius 1 is 1.10 bits per heavy atom. The van der Waals surface area contributed by atoms with Crippen LogP contribution >= 0.6 is 11.8 Å². The first kappa shape index (κ1) is 13.0. The van der Waals surface area contributed by atoms with Crippen LogP contribution in [0.15, 0.2) is 65.8 Å². The fourth-order valence-electron chi connectivity index (χ4n) is 2.27. The predicted octanol–water partition coefficient (Wildman–Crippen LogP) is 4.57. The highest BCUT2D eigenvalue weighted by atomic mass is 32.2. The molecule has 3 rings (SSSR count). The van der Waals surface area contributed by atoms with E-state index in [1.165, 1.54) is 21.2 Å². The zero-order chi connectivity index (χ0) is 13.8. The highest BCUT2D eigenvalue weighted by Gasteiger charge is 2.01. The summed E-state index contributed by atoms with van der Waals surface area (Å²) < 4.78 is 0. The van der Waals surface area contributed by atoms with Gasteiger partial charge in [0.2, 0.25) is 0 Å². The topological polar surface area (TPSA) is 24.9 Å². The van der Waals surface area contributed by atoms with Crippen molar-refractivity contribution in [1.82, 2.24) is 4.98 Å². The summed E-state index contributed by atoms with van der Waals surface area (Å²) in [5.74, 6) is 0. The number of hydrogen-bond donors (Lipinski definition) is 1. The van der Waals surface area contributed by atoms with Crippen LogP contribution in [-0.2, 0) is 6.54 Å². The quantitative estimate of drug-likeness (QED) is 0.709. The lowest BCUT2D eigenvalue weighted by Gasteiger charge is -2.10. The third-order valence-corrected chi connectivity index (χ3v) is 4.05. The number of thioether (sulfide) groups is 1. The van der Waals surface area contributed by atoms with Crippen molar-refractivity contribution < 1.29 is 0 Å². The first-order valence-electron chi connectivity index (χ1n) is 6.56. The molecule has 3 heteroatoms. The average Bonchev–Trinajstić information content (AvgIpc) is 2.53. The molecule has 0 aliphatic rings. The third kappa shape index (κ3) is 2.78. The number of benzene rings is 2. The molecule has 0 radical (unpaired) electrons. The summed E-state index contributed by atoms with van der Waals surface area (Å²) in [6.07, 6.45) is 5.85. The van der Waals surface area contributed by atoms with Crippen molar-refractivity contribution in [2.75, 3.05) is 11.6 Å². The van der Waals surface area contributed by atoms with Crippen LogP contribution < -0.4 is 5.32 Å². The van der Waals surface area contributed by atoms with Gasteiger partial charge in [0.05, 0.1) is 0 Å². The zero-order valence-corrected chi connectivity index (χ0v) is 12.2. The molecule has 100 valence electrons. The zero-order valence-electron chi connectivity index (χ0n) is 11.3. The molecular weight excluding hydrogens is 264 g/mol. The maximum absolute atomic E-state index is 4.17. The molecule has 3 aromatic rings. The van der Waals surface area contributed by atoms with E-state index in [-0.39, 0.29) is 0 Å². The second-order valence-corrected chi connectivity index (χ2v) is 5.48. The van der Waals surface area contributed by atoms with E-state index in [1.807, 2.05) is 12.4 Å². The highest BCUT2D eigenvalue weighted by Crippen LogP contribution is 2.21. The number of nitrogens with one attached hydrogen (secondary N) is 1. The Hall–Kier alpha value is -2.00. The molecule has 0 aliphatic heterocycles. The summed E-state index contributed by atoms with van der Waals surface area (Å²) >= 11 is 1.76. The number of rotatable bonds is 4. The maximum atomic E-state index is 4.17. The molecular formula is C17H16N2S. The Labute approximate surface area is 123 Å². The van der Waals surface area contributed by atoms with Gasteiger partial charge in [-0.05, 0) is 41.5 Å². The molecule has 1 aromatic heterocycles. The molecule has 2 nitrogen and oxygen atoms in total. The first-order chi connectivity index (χ1) is 9.86. The lowest BCUT2D eigenvalue weighted by atomic mass is 10.1. The van der Waals surface area contributed by atoms with Crippen molar-refractivity contribution >= 4 is 28.2 Å². The van der Waals surface area contributed by atoms with Gasteiger partial charge in [0.1, 0.15) is 0 Å². The van der Waals surface area contributed by atoms with Crippen LogP contribution in [0.2, 0.25) is 0 Å². The molecule has 1 heterocycles. The Kier molecular flexibility index (Phi) is 3.88. The van der Waals surface area contributed by atoms with E-state index in [0.717, 1.165) is 12.2 Å². The third-order valence-electron chi connectivity index (χ3n) is 3.32. The Bertz CT molecular complexity index is 720. The van der Waals surface area contributed by atoms with Crippen LogP contribution in [0.4, 0.5) is 5.69 Å². The molecule has 0 aliphatic carbocycles. The second-order valence-electron chi connectivity index (χ2n) is 4.60. The average molecular weight is 280 g/mol. The number of fused-ring (bicyclic) bond motifs is 1. The van der Waals surface area contributed by atoms with E-state index >= 15 is 0 Å². The SMILES string of the molecule is CSc1cccc(NCc2cccc3cnccc23)c1. The first-order valence-corrected chi connectivity index (χ1v) is 7.79. The van der Waals surface area contributed by atoms with Gasteiger partial charge in [-0.15, -0.1) is 11.8 Å². The summed E-state index contributed by atoms with van der Waals surface area (Å²) in [6.45, 7) is 0.819. The van der Waals surface area contributed by atoms with Crippen LogP contribution in [0.3, 0.4) is 0 Å². The minimum atomic E-state index is 0.819. The standard InChI is InChI=1S/C17H16N2S/c1-20-16-7-3-6-15(10-16)19-12-14-5-2-4-13-11-18-9-8-17(13)14/h2-11,19H,12H2,1H3. The fourth-order valence-corrected chi connectivity index (χ4v) is 2.73. The smallest absolute Gasteiger partial charge is 0.0406 e. The fraction of sp³-hybridized carbons (Fsp3) is 0.118. The van der Waals surface area contributed by atoms with E-state index in [4.69, 9.17) is 0 Å². The largest absolute Gasteiger partial charge is 0.381 e. The molecule has 0 saturated heterocycles. The summed E-state index contributed by atoms with van der Waals surface area (Å²) in [5, 5.41) is 5.94. The lowest BCUT2D eigenvalue weighted by molar-refractivity contribution is 1.16. The van der Waals surface area contributed by atoms with Crippen LogP contribution in [0, 0.1) is 0 Å². The van der Waals surface area contributed by atoms with Gasteiger partial charge in [-0.2, -0.15) is 0 Å². The number of hydrogen-bond acceptors (Lipinski definition) is 3. The molecule has 1 N–H and O–H groups in total. The molecule has 20 heavy (non-hydrogen) atoms. The summed E-state index contributed by atoms with van der Waals surface area (Å²) in [5.41, 5.74) is 2.45. The minimum absolute atomic E-state index is 0.819. The van der Waals surface area contributed by atoms with E-state index < -0.39 is 0 Å². The Morgan fingerprint density at radius 2 is 2.00 bits per heavy atom. The number of anilines is 1. The predicted molar refractivity (Wildman–Crippen MR) is 87.3 cm³/mol. The van der Waals surface area contributed by atoms with Crippen LogP contribution in [-0.4, -0.2) is 11.2 Å². The minimum Gasteiger partial charge on any atom is -0.381 e. The number of nitrogens with zero attached hydrogens (tertiary/aromatic N) is 1. The molecule has 0 atom stereocenters. The van der Waals surface area contributed by atoms with Crippen molar-refractivity contribution in [3.05, 3.63) is 66.5 Å².